The first kappa shape index (κ1) is 24.4. The number of amides is 1. The minimum atomic E-state index is -3.29. The summed E-state index contributed by atoms with van der Waals surface area (Å²) in [7, 11) is -3.29. The Morgan fingerprint density at radius 1 is 0.886 bits per heavy atom. The third-order valence-electron chi connectivity index (χ3n) is 8.06. The maximum Gasteiger partial charge on any atom is 0.226 e. The highest BCUT2D eigenvalue weighted by atomic mass is 32.2. The summed E-state index contributed by atoms with van der Waals surface area (Å²) in [5, 5.41) is 5.40. The number of benzene rings is 2. The lowest BCUT2D eigenvalue weighted by molar-refractivity contribution is -0.126. The van der Waals surface area contributed by atoms with Gasteiger partial charge in [-0.2, -0.15) is 0 Å². The Bertz CT molecular complexity index is 1090. The first-order valence-electron chi connectivity index (χ1n) is 12.8. The summed E-state index contributed by atoms with van der Waals surface area (Å²) >= 11 is 0. The van der Waals surface area contributed by atoms with Crippen LogP contribution >= 0.6 is 0 Å². The van der Waals surface area contributed by atoms with Gasteiger partial charge < -0.3 is 5.32 Å². The van der Waals surface area contributed by atoms with Gasteiger partial charge in [0.05, 0.1) is 11.7 Å². The molecule has 7 nitrogen and oxygen atoms in total. The molecule has 0 saturated carbocycles. The molecular weight excluding hydrogens is 460 g/mol. The normalized spacial score (nSPS) is 26.3. The zero-order valence-electron chi connectivity index (χ0n) is 20.2. The number of carbonyl (C=O) groups is 1. The minimum absolute atomic E-state index is 0.0483. The highest BCUT2D eigenvalue weighted by Crippen LogP contribution is 2.38. The lowest BCUT2D eigenvalue weighted by atomic mass is 9.75. The molecule has 2 aromatic carbocycles. The van der Waals surface area contributed by atoms with E-state index >= 15 is 0 Å². The summed E-state index contributed by atoms with van der Waals surface area (Å²) < 4.78 is 27.6. The van der Waals surface area contributed by atoms with Crippen molar-refractivity contribution < 1.29 is 13.2 Å². The molecule has 3 saturated heterocycles. The van der Waals surface area contributed by atoms with Crippen molar-refractivity contribution >= 4 is 15.9 Å². The fourth-order valence-corrected chi connectivity index (χ4v) is 7.63. The summed E-state index contributed by atoms with van der Waals surface area (Å²) in [4.78, 5) is 13.0. The number of hydrazine groups is 1. The van der Waals surface area contributed by atoms with Gasteiger partial charge in [-0.3, -0.25) is 10.2 Å². The second-order valence-electron chi connectivity index (χ2n) is 10.2. The number of rotatable bonds is 7. The van der Waals surface area contributed by atoms with E-state index in [0.29, 0.717) is 38.0 Å². The van der Waals surface area contributed by atoms with Crippen LogP contribution in [0.4, 0.5) is 0 Å². The molecule has 3 unspecified atom stereocenters. The molecule has 3 atom stereocenters. The Morgan fingerprint density at radius 2 is 1.51 bits per heavy atom. The van der Waals surface area contributed by atoms with Crippen LogP contribution < -0.4 is 10.7 Å². The van der Waals surface area contributed by atoms with Crippen molar-refractivity contribution in [2.75, 3.05) is 26.2 Å². The van der Waals surface area contributed by atoms with E-state index in [2.05, 4.69) is 15.8 Å². The number of nitrogens with one attached hydrogen (secondary N) is 2. The predicted molar refractivity (Wildman–Crippen MR) is 136 cm³/mol. The van der Waals surface area contributed by atoms with E-state index in [1.165, 1.54) is 0 Å². The van der Waals surface area contributed by atoms with Crippen LogP contribution in [0, 0.1) is 17.8 Å². The molecule has 1 amide bonds. The van der Waals surface area contributed by atoms with Crippen molar-refractivity contribution in [1.29, 1.82) is 0 Å². The Balaban J connectivity index is 1.14. The summed E-state index contributed by atoms with van der Waals surface area (Å²) in [5.41, 5.74) is 5.40. The predicted octanol–water partition coefficient (Wildman–Crippen LogP) is 2.76. The number of carbonyl (C=O) groups excluding carboxylic acids is 1. The van der Waals surface area contributed by atoms with Gasteiger partial charge in [0.1, 0.15) is 0 Å². The van der Waals surface area contributed by atoms with Gasteiger partial charge in [0.25, 0.3) is 0 Å². The van der Waals surface area contributed by atoms with Crippen LogP contribution in [0.15, 0.2) is 60.7 Å². The third-order valence-corrected chi connectivity index (χ3v) is 9.91. The van der Waals surface area contributed by atoms with Gasteiger partial charge in [-0.05, 0) is 48.6 Å². The number of sulfonamides is 1. The van der Waals surface area contributed by atoms with Crippen LogP contribution in [0.1, 0.15) is 36.8 Å². The molecule has 3 aliphatic rings. The molecule has 0 aromatic heterocycles. The Morgan fingerprint density at radius 3 is 2.20 bits per heavy atom. The zero-order chi connectivity index (χ0) is 24.3. The van der Waals surface area contributed by atoms with E-state index in [9.17, 15) is 13.2 Å². The molecule has 0 spiro atoms. The number of nitrogens with zero attached hydrogens (tertiary/aromatic N) is 2. The van der Waals surface area contributed by atoms with E-state index < -0.39 is 10.0 Å². The largest absolute Gasteiger partial charge is 0.352 e. The van der Waals surface area contributed by atoms with Crippen molar-refractivity contribution in [2.45, 2.75) is 44.0 Å². The van der Waals surface area contributed by atoms with Crippen molar-refractivity contribution in [3.63, 3.8) is 0 Å². The molecule has 3 heterocycles. The average molecular weight is 497 g/mol. The van der Waals surface area contributed by atoms with Crippen LogP contribution in [0.3, 0.4) is 0 Å². The first-order chi connectivity index (χ1) is 17.0. The zero-order valence-corrected chi connectivity index (χ0v) is 21.0. The number of fused-ring (bicyclic) bond motifs is 1. The second kappa shape index (κ2) is 10.8. The highest BCUT2D eigenvalue weighted by Gasteiger charge is 2.44. The Hall–Kier alpha value is -2.26. The van der Waals surface area contributed by atoms with Crippen molar-refractivity contribution in [1.82, 2.24) is 20.1 Å². The van der Waals surface area contributed by atoms with E-state index in [4.69, 9.17) is 0 Å². The van der Waals surface area contributed by atoms with Crippen molar-refractivity contribution in [2.24, 2.45) is 17.8 Å². The summed E-state index contributed by atoms with van der Waals surface area (Å²) in [6.07, 6.45) is 3.91. The first-order valence-corrected chi connectivity index (χ1v) is 14.4. The van der Waals surface area contributed by atoms with E-state index in [1.54, 1.807) is 4.31 Å². The maximum atomic E-state index is 13.0. The van der Waals surface area contributed by atoms with Gasteiger partial charge in [-0.25, -0.2) is 17.7 Å². The van der Waals surface area contributed by atoms with Gasteiger partial charge in [0, 0.05) is 38.8 Å². The summed E-state index contributed by atoms with van der Waals surface area (Å²) in [5.74, 6) is 1.21. The van der Waals surface area contributed by atoms with Crippen LogP contribution in [-0.4, -0.2) is 55.9 Å². The number of hydrogen-bond acceptors (Lipinski definition) is 5. The molecule has 8 heteroatoms. The molecule has 2 aromatic rings. The van der Waals surface area contributed by atoms with Gasteiger partial charge in [-0.15, -0.1) is 0 Å². The molecule has 188 valence electrons. The van der Waals surface area contributed by atoms with E-state index in [-0.39, 0.29) is 23.6 Å². The third kappa shape index (κ3) is 5.77. The van der Waals surface area contributed by atoms with Gasteiger partial charge >= 0.3 is 0 Å². The SMILES string of the molecule is O=C(NCc1ccccc1)C1CNN2CCC(C3CCN(S(=O)(=O)Cc4ccccc4)CC3)CC12. The smallest absolute Gasteiger partial charge is 0.226 e. The lowest BCUT2D eigenvalue weighted by Gasteiger charge is -2.42. The van der Waals surface area contributed by atoms with Gasteiger partial charge in [-0.1, -0.05) is 60.7 Å². The molecule has 0 bridgehead atoms. The highest BCUT2D eigenvalue weighted by molar-refractivity contribution is 7.88. The van der Waals surface area contributed by atoms with E-state index in [0.717, 1.165) is 43.4 Å². The molecular formula is C27H36N4O3S. The van der Waals surface area contributed by atoms with Crippen molar-refractivity contribution in [3.8, 4) is 0 Å². The second-order valence-corrected chi connectivity index (χ2v) is 12.2. The molecule has 3 fully saturated rings. The summed E-state index contributed by atoms with van der Waals surface area (Å²) in [6.45, 7) is 3.40. The fraction of sp³-hybridized carbons (Fsp3) is 0.519. The Kier molecular flexibility index (Phi) is 7.53. The fourth-order valence-electron chi connectivity index (χ4n) is 6.07. The van der Waals surface area contributed by atoms with Crippen molar-refractivity contribution in [3.05, 3.63) is 71.8 Å². The average Bonchev–Trinajstić information content (AvgIpc) is 3.32. The lowest BCUT2D eigenvalue weighted by Crippen LogP contribution is -2.49. The number of piperidine rings is 2. The van der Waals surface area contributed by atoms with Crippen LogP contribution in [-0.2, 0) is 27.1 Å². The molecule has 35 heavy (non-hydrogen) atoms. The van der Waals surface area contributed by atoms with Crippen LogP contribution in [0.25, 0.3) is 0 Å². The van der Waals surface area contributed by atoms with E-state index in [1.807, 2.05) is 60.7 Å². The monoisotopic (exact) mass is 496 g/mol. The molecule has 3 aliphatic heterocycles. The maximum absolute atomic E-state index is 13.0. The number of hydrogen-bond donors (Lipinski definition) is 2. The van der Waals surface area contributed by atoms with Crippen LogP contribution in [0.2, 0.25) is 0 Å². The molecule has 2 N–H and O–H groups in total. The standard InChI is InChI=1S/C27H36N4O3S/c32-27(28-18-21-7-3-1-4-8-21)25-19-29-31-16-13-24(17-26(25)31)23-11-14-30(15-12-23)35(33,34)20-22-9-5-2-6-10-22/h1-10,23-26,29H,11-20H2,(H,28,32). The quantitative estimate of drug-likeness (QED) is 0.616. The molecule has 0 aliphatic carbocycles. The van der Waals surface area contributed by atoms with Gasteiger partial charge in [0.2, 0.25) is 15.9 Å². The molecule has 5 rings (SSSR count). The Labute approximate surface area is 208 Å². The van der Waals surface area contributed by atoms with Gasteiger partial charge in [0.15, 0.2) is 0 Å². The minimum Gasteiger partial charge on any atom is -0.352 e. The topological polar surface area (TPSA) is 81.8 Å². The molecule has 0 radical (unpaired) electrons. The summed E-state index contributed by atoms with van der Waals surface area (Å²) in [6, 6.07) is 19.7. The van der Waals surface area contributed by atoms with Crippen LogP contribution in [0.5, 0.6) is 0 Å².